The van der Waals surface area contributed by atoms with E-state index in [1.165, 1.54) is 17.5 Å². The van der Waals surface area contributed by atoms with Crippen molar-refractivity contribution in [3.05, 3.63) is 11.1 Å². The lowest BCUT2D eigenvalue weighted by Crippen LogP contribution is -2.43. The summed E-state index contributed by atoms with van der Waals surface area (Å²) in [6.45, 7) is 6.67. The van der Waals surface area contributed by atoms with Crippen molar-refractivity contribution in [3.63, 3.8) is 0 Å². The highest BCUT2D eigenvalue weighted by atomic mass is 32.1. The number of nitrogens with zero attached hydrogens (tertiary/aromatic N) is 2. The Balaban J connectivity index is 1.71. The van der Waals surface area contributed by atoms with E-state index in [9.17, 15) is 14.4 Å². The van der Waals surface area contributed by atoms with Crippen molar-refractivity contribution in [2.45, 2.75) is 52.1 Å². The van der Waals surface area contributed by atoms with Crippen LogP contribution in [0.25, 0.3) is 0 Å². The number of thiazole rings is 1. The van der Waals surface area contributed by atoms with Gasteiger partial charge in [0.05, 0.1) is 11.6 Å². The van der Waals surface area contributed by atoms with Gasteiger partial charge < -0.3 is 9.64 Å². The molecule has 2 aliphatic rings. The molecule has 0 aromatic carbocycles. The maximum absolute atomic E-state index is 12.4. The van der Waals surface area contributed by atoms with E-state index in [-0.39, 0.29) is 17.8 Å². The number of hydrogen-bond donors (Lipinski definition) is 1. The second-order valence-corrected chi connectivity index (χ2v) is 8.70. The molecule has 25 heavy (non-hydrogen) atoms. The minimum absolute atomic E-state index is 0.179. The zero-order valence-electron chi connectivity index (χ0n) is 14.8. The molecule has 0 bridgehead atoms. The number of imide groups is 1. The minimum atomic E-state index is -0.552. The highest BCUT2D eigenvalue weighted by molar-refractivity contribution is 7.17. The molecule has 136 valence electrons. The van der Waals surface area contributed by atoms with Gasteiger partial charge in [0.1, 0.15) is 10.5 Å². The molecule has 3 rings (SSSR count). The van der Waals surface area contributed by atoms with E-state index in [2.05, 4.69) is 10.3 Å². The molecule has 2 aliphatic heterocycles. The molecule has 0 aliphatic carbocycles. The summed E-state index contributed by atoms with van der Waals surface area (Å²) in [5.74, 6) is -0.758. The second kappa shape index (κ2) is 6.40. The summed E-state index contributed by atoms with van der Waals surface area (Å²) in [6.07, 6.45) is 4.02. The van der Waals surface area contributed by atoms with Gasteiger partial charge in [0.2, 0.25) is 11.8 Å². The summed E-state index contributed by atoms with van der Waals surface area (Å²) in [5, 5.41) is 3.21. The summed E-state index contributed by atoms with van der Waals surface area (Å²) >= 11 is 1.27. The molecule has 1 aromatic heterocycles. The molecule has 2 saturated heterocycles. The van der Waals surface area contributed by atoms with Crippen molar-refractivity contribution in [1.82, 2.24) is 10.3 Å². The van der Waals surface area contributed by atoms with Crippen LogP contribution in [-0.4, -0.2) is 41.5 Å². The zero-order chi connectivity index (χ0) is 18.2. The smallest absolute Gasteiger partial charge is 0.350 e. The highest BCUT2D eigenvalue weighted by Crippen LogP contribution is 2.40. The fourth-order valence-electron chi connectivity index (χ4n) is 3.28. The molecule has 2 fully saturated rings. The van der Waals surface area contributed by atoms with Crippen LogP contribution < -0.4 is 10.2 Å². The van der Waals surface area contributed by atoms with E-state index in [4.69, 9.17) is 4.74 Å². The predicted octanol–water partition coefficient (Wildman–Crippen LogP) is 2.12. The van der Waals surface area contributed by atoms with E-state index in [1.54, 1.807) is 0 Å². The van der Waals surface area contributed by atoms with E-state index in [0.717, 1.165) is 0 Å². The van der Waals surface area contributed by atoms with Gasteiger partial charge in [-0.15, -0.1) is 0 Å². The lowest BCUT2D eigenvalue weighted by Gasteiger charge is -2.25. The first kappa shape index (κ1) is 17.8. The average molecular weight is 365 g/mol. The summed E-state index contributed by atoms with van der Waals surface area (Å²) in [5.41, 5.74) is -1.09. The summed E-state index contributed by atoms with van der Waals surface area (Å²) < 4.78 is 5.37. The van der Waals surface area contributed by atoms with Crippen molar-refractivity contribution in [1.29, 1.82) is 0 Å². The van der Waals surface area contributed by atoms with Crippen molar-refractivity contribution < 1.29 is 19.1 Å². The molecule has 3 heterocycles. The molecule has 8 heteroatoms. The summed E-state index contributed by atoms with van der Waals surface area (Å²) in [6, 6.07) is 0. The van der Waals surface area contributed by atoms with Crippen LogP contribution >= 0.6 is 11.3 Å². The topological polar surface area (TPSA) is 88.6 Å². The largest absolute Gasteiger partial charge is 0.456 e. The van der Waals surface area contributed by atoms with Crippen LogP contribution in [0.2, 0.25) is 0 Å². The molecule has 1 aromatic rings. The maximum atomic E-state index is 12.4. The van der Waals surface area contributed by atoms with Gasteiger partial charge in [-0.2, -0.15) is 0 Å². The molecule has 1 spiro atoms. The number of esters is 1. The summed E-state index contributed by atoms with van der Waals surface area (Å²) in [7, 11) is 0. The predicted molar refractivity (Wildman–Crippen MR) is 93.5 cm³/mol. The lowest BCUT2D eigenvalue weighted by atomic mass is 9.82. The Hall–Kier alpha value is -1.96. The van der Waals surface area contributed by atoms with Gasteiger partial charge in [0.15, 0.2) is 5.13 Å². The average Bonchev–Trinajstić information content (AvgIpc) is 3.09. The van der Waals surface area contributed by atoms with Gasteiger partial charge in [-0.1, -0.05) is 11.3 Å². The number of nitrogens with one attached hydrogen (secondary N) is 1. The van der Waals surface area contributed by atoms with Gasteiger partial charge in [-0.25, -0.2) is 9.78 Å². The van der Waals surface area contributed by atoms with Gasteiger partial charge in [0.25, 0.3) is 0 Å². The Morgan fingerprint density at radius 1 is 1.36 bits per heavy atom. The Morgan fingerprint density at radius 3 is 2.84 bits per heavy atom. The van der Waals surface area contributed by atoms with Crippen molar-refractivity contribution in [2.75, 3.05) is 18.0 Å². The van der Waals surface area contributed by atoms with Gasteiger partial charge in [-0.3, -0.25) is 14.9 Å². The van der Waals surface area contributed by atoms with Gasteiger partial charge in [-0.05, 0) is 40.0 Å². The molecule has 1 N–H and O–H groups in total. The third-order valence-electron chi connectivity index (χ3n) is 4.51. The molecular formula is C17H23N3O4S. The van der Waals surface area contributed by atoms with Crippen LogP contribution in [-0.2, 0) is 14.3 Å². The van der Waals surface area contributed by atoms with Crippen molar-refractivity contribution in [3.8, 4) is 0 Å². The Labute approximate surface area is 150 Å². The number of carbonyl (C=O) groups is 3. The standard InChI is InChI=1S/C17H23N3O4S/c1-16(2,3)24-13(22)11-9-18-15(25-11)20-8-7-17(10-20)6-4-5-12(21)19-14(17)23/h9H,4-8,10H2,1-3H3,(H,19,21,23). The van der Waals surface area contributed by atoms with Crippen LogP contribution in [0.15, 0.2) is 6.20 Å². The number of amides is 2. The van der Waals surface area contributed by atoms with Crippen LogP contribution in [0, 0.1) is 5.41 Å². The van der Waals surface area contributed by atoms with Crippen LogP contribution in [0.3, 0.4) is 0 Å². The molecule has 7 nitrogen and oxygen atoms in total. The fraction of sp³-hybridized carbons (Fsp3) is 0.647. The van der Waals surface area contributed by atoms with Gasteiger partial charge in [0, 0.05) is 19.5 Å². The van der Waals surface area contributed by atoms with E-state index < -0.39 is 11.0 Å². The minimum Gasteiger partial charge on any atom is -0.456 e. The molecule has 1 atom stereocenters. The van der Waals surface area contributed by atoms with E-state index >= 15 is 0 Å². The summed E-state index contributed by atoms with van der Waals surface area (Å²) in [4.78, 5) is 43.0. The molecule has 1 unspecified atom stereocenters. The Kier molecular flexibility index (Phi) is 4.57. The first-order valence-electron chi connectivity index (χ1n) is 8.47. The molecule has 0 saturated carbocycles. The first-order chi connectivity index (χ1) is 11.7. The van der Waals surface area contributed by atoms with E-state index in [1.807, 2.05) is 25.7 Å². The zero-order valence-corrected chi connectivity index (χ0v) is 15.6. The number of hydrogen-bond acceptors (Lipinski definition) is 7. The highest BCUT2D eigenvalue weighted by Gasteiger charge is 2.46. The SMILES string of the molecule is CC(C)(C)OC(=O)c1cnc(N2CCC3(CCCC(=O)NC3=O)C2)s1. The number of carbonyl (C=O) groups excluding carboxylic acids is 3. The van der Waals surface area contributed by atoms with Gasteiger partial charge >= 0.3 is 5.97 Å². The number of anilines is 1. The molecular weight excluding hydrogens is 342 g/mol. The third kappa shape index (κ3) is 3.84. The van der Waals surface area contributed by atoms with E-state index in [0.29, 0.717) is 48.8 Å². The number of ether oxygens (including phenoxy) is 1. The number of rotatable bonds is 2. The van der Waals surface area contributed by atoms with Crippen molar-refractivity contribution >= 4 is 34.3 Å². The quantitative estimate of drug-likeness (QED) is 0.638. The Morgan fingerprint density at radius 2 is 2.12 bits per heavy atom. The second-order valence-electron chi connectivity index (χ2n) is 7.69. The molecule has 2 amide bonds. The van der Waals surface area contributed by atoms with Crippen molar-refractivity contribution in [2.24, 2.45) is 5.41 Å². The van der Waals surface area contributed by atoms with Crippen LogP contribution in [0.1, 0.15) is 56.1 Å². The number of aromatic nitrogens is 1. The first-order valence-corrected chi connectivity index (χ1v) is 9.29. The monoisotopic (exact) mass is 365 g/mol. The lowest BCUT2D eigenvalue weighted by molar-refractivity contribution is -0.134. The normalized spacial score (nSPS) is 24.4. The fourth-order valence-corrected chi connectivity index (χ4v) is 4.10. The Bertz CT molecular complexity index is 709. The maximum Gasteiger partial charge on any atom is 0.350 e. The van der Waals surface area contributed by atoms with Crippen LogP contribution in [0.5, 0.6) is 0 Å². The van der Waals surface area contributed by atoms with Crippen LogP contribution in [0.4, 0.5) is 5.13 Å². The third-order valence-corrected chi connectivity index (χ3v) is 5.55. The molecule has 0 radical (unpaired) electrons.